The van der Waals surface area contributed by atoms with Gasteiger partial charge >= 0.3 is 0 Å². The molecule has 6 nitrogen and oxygen atoms in total. The van der Waals surface area contributed by atoms with Crippen LogP contribution in [-0.4, -0.2) is 26.1 Å². The van der Waals surface area contributed by atoms with Gasteiger partial charge in [-0.25, -0.2) is 0 Å². The maximum absolute atomic E-state index is 12.1. The quantitative estimate of drug-likeness (QED) is 0.751. The van der Waals surface area contributed by atoms with E-state index in [1.165, 1.54) is 0 Å². The Morgan fingerprint density at radius 1 is 1.11 bits per heavy atom. The highest BCUT2D eigenvalue weighted by molar-refractivity contribution is 5.95. The van der Waals surface area contributed by atoms with Crippen molar-refractivity contribution in [1.29, 1.82) is 0 Å². The Labute approximate surface area is 156 Å². The molecule has 1 amide bonds. The average Bonchev–Trinajstić information content (AvgIpc) is 3.52. The number of carbonyl (C=O) groups is 1. The minimum absolute atomic E-state index is 0.0639. The summed E-state index contributed by atoms with van der Waals surface area (Å²) in [6, 6.07) is 8.07. The van der Waals surface area contributed by atoms with Crippen molar-refractivity contribution in [2.24, 2.45) is 5.92 Å². The molecule has 1 fully saturated rings. The second-order valence-corrected chi connectivity index (χ2v) is 7.19. The van der Waals surface area contributed by atoms with Crippen LogP contribution in [0.5, 0.6) is 0 Å². The van der Waals surface area contributed by atoms with E-state index in [1.807, 2.05) is 30.6 Å². The van der Waals surface area contributed by atoms with Gasteiger partial charge in [0.05, 0.1) is 0 Å². The highest BCUT2D eigenvalue weighted by Crippen LogP contribution is 2.42. The third-order valence-electron chi connectivity index (χ3n) is 5.42. The molecule has 6 heteroatoms. The molecule has 0 radical (unpaired) electrons. The van der Waals surface area contributed by atoms with Crippen molar-refractivity contribution in [1.82, 2.24) is 20.2 Å². The van der Waals surface area contributed by atoms with Gasteiger partial charge < -0.3 is 5.32 Å². The fraction of sp³-hybridized carbons (Fsp3) is 0.238. The van der Waals surface area contributed by atoms with Crippen molar-refractivity contribution in [3.63, 3.8) is 0 Å². The standard InChI is InChI=1S/C21H19N5O/c27-20(14-5-6-14)24-19-17-7-8-21(11-18(17)25-26-19,15-3-1-9-22-12-15)16-4-2-10-23-13-16/h1-4,7-10,12-14H,5-6,11H2,(H2,24,25,26,27). The van der Waals surface area contributed by atoms with E-state index in [9.17, 15) is 4.79 Å². The Morgan fingerprint density at radius 3 is 2.41 bits per heavy atom. The molecule has 27 heavy (non-hydrogen) atoms. The molecule has 2 aliphatic carbocycles. The molecule has 2 N–H and O–H groups in total. The summed E-state index contributed by atoms with van der Waals surface area (Å²) in [7, 11) is 0. The summed E-state index contributed by atoms with van der Waals surface area (Å²) in [5.74, 6) is 0.827. The zero-order valence-electron chi connectivity index (χ0n) is 14.7. The molecule has 0 spiro atoms. The maximum Gasteiger partial charge on any atom is 0.228 e. The minimum atomic E-state index is -0.375. The number of aromatic nitrogens is 4. The molecular weight excluding hydrogens is 338 g/mol. The Hall–Kier alpha value is -3.28. The fourth-order valence-corrected chi connectivity index (χ4v) is 3.74. The number of allylic oxidation sites excluding steroid dienone is 1. The molecule has 3 aromatic heterocycles. The van der Waals surface area contributed by atoms with Crippen LogP contribution in [0, 0.1) is 5.92 Å². The first-order valence-electron chi connectivity index (χ1n) is 9.15. The molecule has 0 atom stereocenters. The third kappa shape index (κ3) is 2.73. The molecule has 134 valence electrons. The monoisotopic (exact) mass is 357 g/mol. The number of amides is 1. The van der Waals surface area contributed by atoms with E-state index in [0.29, 0.717) is 12.2 Å². The Balaban J connectivity index is 1.56. The zero-order valence-corrected chi connectivity index (χ0v) is 14.7. The van der Waals surface area contributed by atoms with Crippen molar-refractivity contribution in [2.75, 3.05) is 5.32 Å². The molecule has 0 aliphatic heterocycles. The molecule has 0 bridgehead atoms. The van der Waals surface area contributed by atoms with Crippen LogP contribution in [-0.2, 0) is 16.6 Å². The van der Waals surface area contributed by atoms with Crippen LogP contribution >= 0.6 is 0 Å². The molecule has 3 heterocycles. The van der Waals surface area contributed by atoms with E-state index in [0.717, 1.165) is 35.2 Å². The van der Waals surface area contributed by atoms with Gasteiger partial charge in [-0.1, -0.05) is 24.3 Å². The maximum atomic E-state index is 12.1. The molecule has 3 aromatic rings. The van der Waals surface area contributed by atoms with Crippen molar-refractivity contribution < 1.29 is 4.79 Å². The number of hydrogen-bond donors (Lipinski definition) is 2. The number of nitrogens with one attached hydrogen (secondary N) is 2. The lowest BCUT2D eigenvalue weighted by Gasteiger charge is -2.33. The van der Waals surface area contributed by atoms with Crippen molar-refractivity contribution >= 4 is 17.8 Å². The van der Waals surface area contributed by atoms with E-state index in [1.54, 1.807) is 12.4 Å². The summed E-state index contributed by atoms with van der Waals surface area (Å²) in [6.07, 6.45) is 14.2. The normalized spacial score (nSPS) is 17.3. The van der Waals surface area contributed by atoms with Crippen LogP contribution in [0.2, 0.25) is 0 Å². The number of hydrogen-bond acceptors (Lipinski definition) is 4. The minimum Gasteiger partial charge on any atom is -0.308 e. The van der Waals surface area contributed by atoms with Crippen molar-refractivity contribution in [2.45, 2.75) is 24.7 Å². The van der Waals surface area contributed by atoms with Crippen LogP contribution in [0.3, 0.4) is 0 Å². The fourth-order valence-electron chi connectivity index (χ4n) is 3.74. The zero-order chi connectivity index (χ0) is 18.3. The van der Waals surface area contributed by atoms with E-state index in [2.05, 4.69) is 43.7 Å². The van der Waals surface area contributed by atoms with Crippen LogP contribution in [0.15, 0.2) is 55.1 Å². The molecule has 0 unspecified atom stereocenters. The van der Waals surface area contributed by atoms with Gasteiger partial charge in [-0.2, -0.15) is 5.10 Å². The summed E-state index contributed by atoms with van der Waals surface area (Å²) in [4.78, 5) is 20.8. The first kappa shape index (κ1) is 15.9. The van der Waals surface area contributed by atoms with Crippen LogP contribution in [0.1, 0.15) is 35.2 Å². The Morgan fingerprint density at radius 2 is 1.81 bits per heavy atom. The number of nitrogens with zero attached hydrogens (tertiary/aromatic N) is 3. The predicted molar refractivity (Wildman–Crippen MR) is 102 cm³/mol. The Kier molecular flexibility index (Phi) is 3.63. The van der Waals surface area contributed by atoms with Crippen LogP contribution in [0.4, 0.5) is 5.82 Å². The highest BCUT2D eigenvalue weighted by Gasteiger charge is 2.37. The lowest BCUT2D eigenvalue weighted by molar-refractivity contribution is -0.117. The van der Waals surface area contributed by atoms with Gasteiger partial charge in [0.2, 0.25) is 5.91 Å². The number of rotatable bonds is 4. The number of H-pyrrole nitrogens is 1. The first-order valence-corrected chi connectivity index (χ1v) is 9.15. The summed E-state index contributed by atoms with van der Waals surface area (Å²) in [6.45, 7) is 0. The molecule has 2 aliphatic rings. The van der Waals surface area contributed by atoms with Gasteiger partial charge in [-0.05, 0) is 36.1 Å². The molecular formula is C21H19N5O. The highest BCUT2D eigenvalue weighted by atomic mass is 16.2. The average molecular weight is 357 g/mol. The second kappa shape index (κ2) is 6.16. The number of pyridine rings is 2. The molecule has 0 aromatic carbocycles. The van der Waals surface area contributed by atoms with Crippen LogP contribution in [0.25, 0.3) is 6.08 Å². The number of anilines is 1. The topological polar surface area (TPSA) is 83.6 Å². The van der Waals surface area contributed by atoms with Gasteiger partial charge in [-0.15, -0.1) is 0 Å². The molecule has 0 saturated heterocycles. The largest absolute Gasteiger partial charge is 0.308 e. The van der Waals surface area contributed by atoms with Gasteiger partial charge in [0.1, 0.15) is 0 Å². The number of carbonyl (C=O) groups excluding carboxylic acids is 1. The summed E-state index contributed by atoms with van der Waals surface area (Å²) < 4.78 is 0. The number of fused-ring (bicyclic) bond motifs is 1. The lowest BCUT2D eigenvalue weighted by atomic mass is 9.69. The van der Waals surface area contributed by atoms with E-state index in [-0.39, 0.29) is 17.2 Å². The van der Waals surface area contributed by atoms with Crippen molar-refractivity contribution in [3.8, 4) is 0 Å². The van der Waals surface area contributed by atoms with Gasteiger partial charge in [0.25, 0.3) is 0 Å². The third-order valence-corrected chi connectivity index (χ3v) is 5.42. The lowest BCUT2D eigenvalue weighted by Crippen LogP contribution is -2.31. The van der Waals surface area contributed by atoms with Gasteiger partial charge in [0, 0.05) is 53.8 Å². The SMILES string of the molecule is O=C(Nc1n[nH]c2c1C=CC(c1cccnc1)(c1cccnc1)C2)C1CC1. The summed E-state index contributed by atoms with van der Waals surface area (Å²) in [5.41, 5.74) is 3.76. The first-order chi connectivity index (χ1) is 13.3. The van der Waals surface area contributed by atoms with E-state index < -0.39 is 0 Å². The predicted octanol–water partition coefficient (Wildman–Crippen LogP) is 3.10. The van der Waals surface area contributed by atoms with E-state index >= 15 is 0 Å². The Bertz CT molecular complexity index is 966. The van der Waals surface area contributed by atoms with Gasteiger partial charge in [0.15, 0.2) is 5.82 Å². The van der Waals surface area contributed by atoms with E-state index in [4.69, 9.17) is 0 Å². The van der Waals surface area contributed by atoms with Crippen LogP contribution < -0.4 is 5.32 Å². The molecule has 5 rings (SSSR count). The second-order valence-electron chi connectivity index (χ2n) is 7.19. The number of aromatic amines is 1. The summed E-state index contributed by atoms with van der Waals surface area (Å²) in [5, 5.41) is 10.5. The van der Waals surface area contributed by atoms with Crippen molar-refractivity contribution in [3.05, 3.63) is 77.5 Å². The smallest absolute Gasteiger partial charge is 0.228 e. The summed E-state index contributed by atoms with van der Waals surface area (Å²) >= 11 is 0. The van der Waals surface area contributed by atoms with Gasteiger partial charge in [-0.3, -0.25) is 19.9 Å². The molecule has 1 saturated carbocycles.